The van der Waals surface area contributed by atoms with Gasteiger partial charge in [0.05, 0.1) is 19.7 Å². The number of nitrogens with zero attached hydrogens (tertiary/aromatic N) is 3. The second-order valence-corrected chi connectivity index (χ2v) is 3.29. The van der Waals surface area contributed by atoms with E-state index in [9.17, 15) is 0 Å². The topological polar surface area (TPSA) is 32.6 Å². The van der Waals surface area contributed by atoms with Gasteiger partial charge in [0.15, 0.2) is 0 Å². The molecule has 0 aliphatic rings. The second kappa shape index (κ2) is 5.36. The standard InChI is InChI=1S/C10H16N3/c1-12-8-9-13(10-12)7-5-3-2-4-6-11/h8-10H,2-5,7H2,1H3/q+1. The first-order valence-electron chi connectivity index (χ1n) is 4.71. The zero-order valence-corrected chi connectivity index (χ0v) is 8.11. The van der Waals surface area contributed by atoms with Crippen LogP contribution in [0.4, 0.5) is 0 Å². The molecule has 1 aromatic rings. The number of aryl methyl sites for hydroxylation is 2. The first-order valence-corrected chi connectivity index (χ1v) is 4.71. The van der Waals surface area contributed by atoms with Gasteiger partial charge in [0.2, 0.25) is 6.33 Å². The Bertz CT molecular complexity index is 283. The van der Waals surface area contributed by atoms with Gasteiger partial charge in [0.1, 0.15) is 12.4 Å². The average molecular weight is 178 g/mol. The van der Waals surface area contributed by atoms with Crippen LogP contribution in [0.1, 0.15) is 25.7 Å². The van der Waals surface area contributed by atoms with Crippen LogP contribution in [0.5, 0.6) is 0 Å². The molecule has 1 heterocycles. The second-order valence-electron chi connectivity index (χ2n) is 3.29. The SMILES string of the molecule is C[n+]1ccn(CCCCCC#N)c1. The van der Waals surface area contributed by atoms with Gasteiger partial charge in [0, 0.05) is 6.42 Å². The molecule has 0 saturated heterocycles. The van der Waals surface area contributed by atoms with Crippen LogP contribution < -0.4 is 4.57 Å². The Balaban J connectivity index is 2.10. The monoisotopic (exact) mass is 178 g/mol. The molecule has 1 aromatic heterocycles. The quantitative estimate of drug-likeness (QED) is 0.495. The number of hydrogen-bond donors (Lipinski definition) is 0. The van der Waals surface area contributed by atoms with Crippen LogP contribution in [0, 0.1) is 11.3 Å². The predicted octanol–water partition coefficient (Wildman–Crippen LogP) is 1.40. The smallest absolute Gasteiger partial charge is 0.240 e. The minimum absolute atomic E-state index is 0.694. The van der Waals surface area contributed by atoms with E-state index in [-0.39, 0.29) is 0 Å². The van der Waals surface area contributed by atoms with E-state index in [1.807, 2.05) is 17.8 Å². The maximum atomic E-state index is 8.33. The number of nitriles is 1. The van der Waals surface area contributed by atoms with Crippen molar-refractivity contribution in [3.8, 4) is 6.07 Å². The van der Waals surface area contributed by atoms with E-state index < -0.39 is 0 Å². The van der Waals surface area contributed by atoms with Crippen LogP contribution in [-0.4, -0.2) is 4.57 Å². The highest BCUT2D eigenvalue weighted by Crippen LogP contribution is 2.00. The Morgan fingerprint density at radius 1 is 1.38 bits per heavy atom. The summed E-state index contributed by atoms with van der Waals surface area (Å²) in [6.45, 7) is 1.06. The molecular formula is C10H16N3+. The third-order valence-electron chi connectivity index (χ3n) is 2.03. The molecule has 0 aliphatic heterocycles. The highest BCUT2D eigenvalue weighted by atomic mass is 15.1. The number of hydrogen-bond acceptors (Lipinski definition) is 1. The van der Waals surface area contributed by atoms with Crippen LogP contribution in [0.15, 0.2) is 18.7 Å². The Hall–Kier alpha value is -1.30. The summed E-state index contributed by atoms with van der Waals surface area (Å²) in [7, 11) is 2.02. The number of rotatable bonds is 5. The minimum atomic E-state index is 0.694. The van der Waals surface area contributed by atoms with Crippen molar-refractivity contribution in [2.45, 2.75) is 32.2 Å². The highest BCUT2D eigenvalue weighted by Gasteiger charge is 1.98. The van der Waals surface area contributed by atoms with Crippen LogP contribution >= 0.6 is 0 Å². The normalized spacial score (nSPS) is 9.85. The molecule has 70 valence electrons. The molecule has 0 spiro atoms. The molecular weight excluding hydrogens is 162 g/mol. The third-order valence-corrected chi connectivity index (χ3v) is 2.03. The summed E-state index contributed by atoms with van der Waals surface area (Å²) in [5.74, 6) is 0. The van der Waals surface area contributed by atoms with E-state index in [1.165, 1.54) is 0 Å². The van der Waals surface area contributed by atoms with E-state index >= 15 is 0 Å². The molecule has 0 fully saturated rings. The van der Waals surface area contributed by atoms with Crippen molar-refractivity contribution in [1.29, 1.82) is 5.26 Å². The Labute approximate surface area is 79.2 Å². The lowest BCUT2D eigenvalue weighted by Gasteiger charge is -1.94. The maximum Gasteiger partial charge on any atom is 0.243 e. The van der Waals surface area contributed by atoms with E-state index in [0.29, 0.717) is 6.42 Å². The van der Waals surface area contributed by atoms with Crippen molar-refractivity contribution in [1.82, 2.24) is 4.57 Å². The van der Waals surface area contributed by atoms with Gasteiger partial charge in [-0.3, -0.25) is 0 Å². The Morgan fingerprint density at radius 2 is 2.23 bits per heavy atom. The van der Waals surface area contributed by atoms with Crippen LogP contribution in [0.3, 0.4) is 0 Å². The molecule has 0 aliphatic carbocycles. The molecule has 0 N–H and O–H groups in total. The number of unbranched alkanes of at least 4 members (excludes halogenated alkanes) is 3. The fourth-order valence-corrected chi connectivity index (χ4v) is 1.31. The maximum absolute atomic E-state index is 8.33. The molecule has 13 heavy (non-hydrogen) atoms. The molecule has 0 bridgehead atoms. The Morgan fingerprint density at radius 3 is 2.85 bits per heavy atom. The summed E-state index contributed by atoms with van der Waals surface area (Å²) < 4.78 is 4.21. The van der Waals surface area contributed by atoms with E-state index in [0.717, 1.165) is 25.8 Å². The largest absolute Gasteiger partial charge is 0.243 e. The predicted molar refractivity (Wildman–Crippen MR) is 49.7 cm³/mol. The highest BCUT2D eigenvalue weighted by molar-refractivity contribution is 4.69. The molecule has 1 rings (SSSR count). The van der Waals surface area contributed by atoms with Gasteiger partial charge in [-0.2, -0.15) is 5.26 Å². The molecule has 3 nitrogen and oxygen atoms in total. The van der Waals surface area contributed by atoms with Gasteiger partial charge in [-0.05, 0) is 19.3 Å². The van der Waals surface area contributed by atoms with Crippen LogP contribution in [-0.2, 0) is 13.6 Å². The van der Waals surface area contributed by atoms with Gasteiger partial charge in [-0.1, -0.05) is 0 Å². The van der Waals surface area contributed by atoms with Crippen molar-refractivity contribution in [3.05, 3.63) is 18.7 Å². The van der Waals surface area contributed by atoms with Gasteiger partial charge in [-0.15, -0.1) is 0 Å². The molecule has 3 heteroatoms. The summed E-state index contributed by atoms with van der Waals surface area (Å²) in [4.78, 5) is 0. The van der Waals surface area contributed by atoms with Crippen molar-refractivity contribution in [2.75, 3.05) is 0 Å². The zero-order chi connectivity index (χ0) is 9.52. The fraction of sp³-hybridized carbons (Fsp3) is 0.600. The Kier molecular flexibility index (Phi) is 4.04. The lowest BCUT2D eigenvalue weighted by molar-refractivity contribution is -0.671. The molecule has 0 atom stereocenters. The van der Waals surface area contributed by atoms with Gasteiger partial charge in [0.25, 0.3) is 0 Å². The van der Waals surface area contributed by atoms with Crippen molar-refractivity contribution >= 4 is 0 Å². The molecule has 0 aromatic carbocycles. The average Bonchev–Trinajstić information content (AvgIpc) is 2.51. The molecule has 0 amide bonds. The van der Waals surface area contributed by atoms with E-state index in [4.69, 9.17) is 5.26 Å². The zero-order valence-electron chi connectivity index (χ0n) is 8.11. The summed E-state index contributed by atoms with van der Waals surface area (Å²) in [5.41, 5.74) is 0. The third kappa shape index (κ3) is 3.75. The summed E-state index contributed by atoms with van der Waals surface area (Å²) >= 11 is 0. The van der Waals surface area contributed by atoms with Crippen molar-refractivity contribution < 1.29 is 4.57 Å². The summed E-state index contributed by atoms with van der Waals surface area (Å²) in [6, 6.07) is 2.16. The van der Waals surface area contributed by atoms with E-state index in [1.54, 1.807) is 0 Å². The minimum Gasteiger partial charge on any atom is -0.240 e. The lowest BCUT2D eigenvalue weighted by Crippen LogP contribution is -2.23. The van der Waals surface area contributed by atoms with Gasteiger partial charge >= 0.3 is 0 Å². The van der Waals surface area contributed by atoms with E-state index in [2.05, 4.69) is 23.2 Å². The molecule has 0 unspecified atom stereocenters. The van der Waals surface area contributed by atoms with Crippen molar-refractivity contribution in [3.63, 3.8) is 0 Å². The van der Waals surface area contributed by atoms with Crippen LogP contribution in [0.25, 0.3) is 0 Å². The van der Waals surface area contributed by atoms with Gasteiger partial charge in [-0.25, -0.2) is 9.13 Å². The van der Waals surface area contributed by atoms with Gasteiger partial charge < -0.3 is 0 Å². The summed E-state index contributed by atoms with van der Waals surface area (Å²) in [5, 5.41) is 8.33. The first kappa shape index (κ1) is 9.79. The lowest BCUT2D eigenvalue weighted by atomic mass is 10.2. The molecule has 0 saturated carbocycles. The van der Waals surface area contributed by atoms with Crippen molar-refractivity contribution in [2.24, 2.45) is 7.05 Å². The number of imidazole rings is 1. The molecule has 0 radical (unpaired) electrons. The first-order chi connectivity index (χ1) is 6.33. The summed E-state index contributed by atoms with van der Waals surface area (Å²) in [6.07, 6.45) is 10.2. The fourth-order valence-electron chi connectivity index (χ4n) is 1.31. The van der Waals surface area contributed by atoms with Crippen LogP contribution in [0.2, 0.25) is 0 Å². The number of aromatic nitrogens is 2.